The zero-order valence-corrected chi connectivity index (χ0v) is 14.1. The van der Waals surface area contributed by atoms with Gasteiger partial charge in [0.25, 0.3) is 5.91 Å². The van der Waals surface area contributed by atoms with Gasteiger partial charge in [-0.3, -0.25) is 4.79 Å². The lowest BCUT2D eigenvalue weighted by atomic mass is 10.0. The van der Waals surface area contributed by atoms with Gasteiger partial charge in [-0.05, 0) is 47.9 Å². The third-order valence-electron chi connectivity index (χ3n) is 3.97. The Morgan fingerprint density at radius 3 is 2.04 bits per heavy atom. The second-order valence-electron chi connectivity index (χ2n) is 5.69. The molecule has 0 bridgehead atoms. The Bertz CT molecular complexity index is 811. The van der Waals surface area contributed by atoms with Crippen molar-refractivity contribution >= 4 is 17.5 Å². The average Bonchev–Trinajstić information content (AvgIpc) is 2.63. The van der Waals surface area contributed by atoms with E-state index in [1.54, 1.807) is 24.3 Å². The summed E-state index contributed by atoms with van der Waals surface area (Å²) in [5.74, 6) is -0.105. The van der Waals surface area contributed by atoms with Crippen molar-refractivity contribution < 1.29 is 4.79 Å². The lowest BCUT2D eigenvalue weighted by Crippen LogP contribution is -2.26. The quantitative estimate of drug-likeness (QED) is 0.670. The van der Waals surface area contributed by atoms with Gasteiger partial charge in [0.2, 0.25) is 0 Å². The van der Waals surface area contributed by atoms with Crippen molar-refractivity contribution in [2.75, 3.05) is 0 Å². The maximum absolute atomic E-state index is 12.3. The highest BCUT2D eigenvalue weighted by atomic mass is 35.5. The van der Waals surface area contributed by atoms with Gasteiger partial charge in [-0.2, -0.15) is 0 Å². The van der Waals surface area contributed by atoms with Gasteiger partial charge in [-0.1, -0.05) is 66.2 Å². The molecule has 0 aliphatic carbocycles. The molecule has 0 aliphatic rings. The Hall–Kier alpha value is -2.58. The molecule has 0 heterocycles. The molecular weight excluding hydrogens is 318 g/mol. The minimum absolute atomic E-state index is 0.0713. The molecule has 2 nitrogen and oxygen atoms in total. The van der Waals surface area contributed by atoms with Crippen LogP contribution in [0, 0.1) is 0 Å². The fourth-order valence-corrected chi connectivity index (χ4v) is 2.69. The zero-order valence-electron chi connectivity index (χ0n) is 13.4. The monoisotopic (exact) mass is 335 g/mol. The summed E-state index contributed by atoms with van der Waals surface area (Å²) in [4.78, 5) is 12.3. The van der Waals surface area contributed by atoms with Crippen LogP contribution in [-0.4, -0.2) is 5.91 Å². The number of amides is 1. The first-order valence-corrected chi connectivity index (χ1v) is 8.23. The van der Waals surface area contributed by atoms with Crippen LogP contribution in [0.1, 0.15) is 28.9 Å². The molecule has 3 heteroatoms. The molecule has 0 unspecified atom stereocenters. The highest BCUT2D eigenvalue weighted by molar-refractivity contribution is 6.30. The van der Waals surface area contributed by atoms with Crippen LogP contribution in [0.5, 0.6) is 0 Å². The van der Waals surface area contributed by atoms with Gasteiger partial charge in [0.1, 0.15) is 0 Å². The van der Waals surface area contributed by atoms with Gasteiger partial charge >= 0.3 is 0 Å². The molecule has 24 heavy (non-hydrogen) atoms. The summed E-state index contributed by atoms with van der Waals surface area (Å²) in [5.41, 5.74) is 4.02. The number of halogens is 1. The molecule has 3 rings (SSSR count). The SMILES string of the molecule is C[C@@H](NC(=O)c1ccc(Cl)cc1)c1ccc(-c2ccccc2)cc1. The molecular formula is C21H18ClNO. The highest BCUT2D eigenvalue weighted by Gasteiger charge is 2.11. The summed E-state index contributed by atoms with van der Waals surface area (Å²) in [7, 11) is 0. The Morgan fingerprint density at radius 1 is 0.833 bits per heavy atom. The fourth-order valence-electron chi connectivity index (χ4n) is 2.56. The molecule has 3 aromatic carbocycles. The van der Waals surface area contributed by atoms with E-state index in [4.69, 9.17) is 11.6 Å². The summed E-state index contributed by atoms with van der Waals surface area (Å²) in [5, 5.41) is 3.63. The summed E-state index contributed by atoms with van der Waals surface area (Å²) in [6.07, 6.45) is 0. The van der Waals surface area contributed by atoms with Gasteiger partial charge in [0, 0.05) is 10.6 Å². The fraction of sp³-hybridized carbons (Fsp3) is 0.0952. The number of carbonyl (C=O) groups excluding carboxylic acids is 1. The minimum atomic E-state index is -0.105. The lowest BCUT2D eigenvalue weighted by molar-refractivity contribution is 0.0940. The van der Waals surface area contributed by atoms with E-state index in [1.165, 1.54) is 5.56 Å². The molecule has 0 aromatic heterocycles. The molecule has 0 saturated carbocycles. The normalized spacial score (nSPS) is 11.8. The number of rotatable bonds is 4. The first-order chi connectivity index (χ1) is 11.6. The summed E-state index contributed by atoms with van der Waals surface area (Å²) in [6, 6.07) is 25.3. The number of nitrogens with one attached hydrogen (secondary N) is 1. The summed E-state index contributed by atoms with van der Waals surface area (Å²) >= 11 is 5.85. The largest absolute Gasteiger partial charge is 0.346 e. The molecule has 0 radical (unpaired) electrons. The number of benzene rings is 3. The van der Waals surface area contributed by atoms with Crippen LogP contribution >= 0.6 is 11.6 Å². The first-order valence-electron chi connectivity index (χ1n) is 7.85. The Balaban J connectivity index is 1.70. The smallest absolute Gasteiger partial charge is 0.251 e. The molecule has 3 aromatic rings. The Kier molecular flexibility index (Phi) is 4.97. The van der Waals surface area contributed by atoms with Crippen molar-refractivity contribution in [3.63, 3.8) is 0 Å². The minimum Gasteiger partial charge on any atom is -0.346 e. The predicted octanol–water partition coefficient (Wildman–Crippen LogP) is 5.50. The highest BCUT2D eigenvalue weighted by Crippen LogP contribution is 2.22. The van der Waals surface area contributed by atoms with Crippen LogP contribution in [-0.2, 0) is 0 Å². The van der Waals surface area contributed by atoms with E-state index >= 15 is 0 Å². The molecule has 0 saturated heterocycles. The van der Waals surface area contributed by atoms with Crippen molar-refractivity contribution in [2.24, 2.45) is 0 Å². The second kappa shape index (κ2) is 7.33. The van der Waals surface area contributed by atoms with Crippen molar-refractivity contribution in [1.29, 1.82) is 0 Å². The van der Waals surface area contributed by atoms with Crippen molar-refractivity contribution in [3.8, 4) is 11.1 Å². The van der Waals surface area contributed by atoms with Gasteiger partial charge in [-0.25, -0.2) is 0 Å². The Labute approximate surface area is 147 Å². The van der Waals surface area contributed by atoms with E-state index in [1.807, 2.05) is 25.1 Å². The van der Waals surface area contributed by atoms with E-state index in [9.17, 15) is 4.79 Å². The molecule has 0 aliphatic heterocycles. The van der Waals surface area contributed by atoms with Crippen LogP contribution in [0.25, 0.3) is 11.1 Å². The van der Waals surface area contributed by atoms with E-state index < -0.39 is 0 Å². The molecule has 0 spiro atoms. The van der Waals surface area contributed by atoms with Gasteiger partial charge in [0.15, 0.2) is 0 Å². The van der Waals surface area contributed by atoms with Crippen molar-refractivity contribution in [3.05, 3.63) is 95.0 Å². The van der Waals surface area contributed by atoms with Crippen LogP contribution in [0.4, 0.5) is 0 Å². The first kappa shape index (κ1) is 16.3. The number of carbonyl (C=O) groups is 1. The van der Waals surface area contributed by atoms with Crippen molar-refractivity contribution in [2.45, 2.75) is 13.0 Å². The topological polar surface area (TPSA) is 29.1 Å². The summed E-state index contributed by atoms with van der Waals surface area (Å²) in [6.45, 7) is 1.98. The van der Waals surface area contributed by atoms with Crippen LogP contribution < -0.4 is 5.32 Å². The maximum atomic E-state index is 12.3. The molecule has 1 atom stereocenters. The number of hydrogen-bond donors (Lipinski definition) is 1. The van der Waals surface area contributed by atoms with Gasteiger partial charge < -0.3 is 5.32 Å². The molecule has 0 fully saturated rings. The van der Waals surface area contributed by atoms with E-state index in [-0.39, 0.29) is 11.9 Å². The van der Waals surface area contributed by atoms with Crippen LogP contribution in [0.3, 0.4) is 0 Å². The molecule has 1 N–H and O–H groups in total. The third kappa shape index (κ3) is 3.84. The van der Waals surface area contributed by atoms with Crippen LogP contribution in [0.2, 0.25) is 5.02 Å². The van der Waals surface area contributed by atoms with Gasteiger partial charge in [0.05, 0.1) is 6.04 Å². The average molecular weight is 336 g/mol. The summed E-state index contributed by atoms with van der Waals surface area (Å²) < 4.78 is 0. The Morgan fingerprint density at radius 2 is 1.42 bits per heavy atom. The predicted molar refractivity (Wildman–Crippen MR) is 99.2 cm³/mol. The van der Waals surface area contributed by atoms with Gasteiger partial charge in [-0.15, -0.1) is 0 Å². The number of hydrogen-bond acceptors (Lipinski definition) is 1. The third-order valence-corrected chi connectivity index (χ3v) is 4.22. The maximum Gasteiger partial charge on any atom is 0.251 e. The molecule has 1 amide bonds. The second-order valence-corrected chi connectivity index (χ2v) is 6.13. The van der Waals surface area contributed by atoms with E-state index in [0.29, 0.717) is 10.6 Å². The standard InChI is InChI=1S/C21H18ClNO/c1-15(23-21(24)19-11-13-20(22)14-12-19)16-7-9-18(10-8-16)17-5-3-2-4-6-17/h2-15H,1H3,(H,23,24)/t15-/m1/s1. The van der Waals surface area contributed by atoms with Crippen molar-refractivity contribution in [1.82, 2.24) is 5.32 Å². The van der Waals surface area contributed by atoms with E-state index in [2.05, 4.69) is 41.7 Å². The molecule has 120 valence electrons. The lowest BCUT2D eigenvalue weighted by Gasteiger charge is -2.15. The van der Waals surface area contributed by atoms with Crippen LogP contribution in [0.15, 0.2) is 78.9 Å². The zero-order chi connectivity index (χ0) is 16.9. The van der Waals surface area contributed by atoms with E-state index in [0.717, 1.165) is 11.1 Å².